The van der Waals surface area contributed by atoms with Crippen molar-refractivity contribution in [1.29, 1.82) is 0 Å². The molecule has 7 nitrogen and oxygen atoms in total. The second-order valence-corrected chi connectivity index (χ2v) is 6.70. The molecule has 1 fully saturated rings. The molecule has 2 aromatic carbocycles. The number of carbonyl (C=O) groups is 1. The summed E-state index contributed by atoms with van der Waals surface area (Å²) < 4.78 is 18.7. The number of furan rings is 1. The number of hydrogen-bond acceptors (Lipinski definition) is 5. The molecule has 0 N–H and O–H groups in total. The lowest BCUT2D eigenvalue weighted by Gasteiger charge is -2.35. The third-order valence-corrected chi connectivity index (χ3v) is 4.93. The maximum atomic E-state index is 13.1. The average molecular weight is 395 g/mol. The minimum atomic E-state index is -0.396. The quantitative estimate of drug-likeness (QED) is 0.494. The Balaban J connectivity index is 1.43. The summed E-state index contributed by atoms with van der Waals surface area (Å²) in [5, 5.41) is 11.2. The lowest BCUT2D eigenvalue weighted by atomic mass is 10.2. The second-order valence-electron chi connectivity index (χ2n) is 6.70. The molecule has 4 rings (SSSR count). The van der Waals surface area contributed by atoms with Crippen LogP contribution in [0.4, 0.5) is 15.8 Å². The molecule has 1 aliphatic heterocycles. The minimum Gasteiger partial charge on any atom is -0.451 e. The van der Waals surface area contributed by atoms with Crippen LogP contribution in [0.1, 0.15) is 10.6 Å². The molecule has 148 valence electrons. The first-order chi connectivity index (χ1) is 14.0. The lowest BCUT2D eigenvalue weighted by Crippen LogP contribution is -2.48. The van der Waals surface area contributed by atoms with E-state index in [-0.39, 0.29) is 23.2 Å². The van der Waals surface area contributed by atoms with Crippen LogP contribution in [0.25, 0.3) is 11.3 Å². The van der Waals surface area contributed by atoms with E-state index in [9.17, 15) is 19.3 Å². The fraction of sp³-hybridized carbons (Fsp3) is 0.190. The van der Waals surface area contributed by atoms with Crippen LogP contribution in [0.2, 0.25) is 0 Å². The molecule has 0 spiro atoms. The van der Waals surface area contributed by atoms with Crippen molar-refractivity contribution in [3.05, 3.63) is 82.4 Å². The first-order valence-corrected chi connectivity index (χ1v) is 9.16. The molecule has 2 heterocycles. The average Bonchev–Trinajstić information content (AvgIpc) is 3.24. The SMILES string of the molecule is O=C(c1ccc(-c2ccc(F)cc2)o1)N1CCN(c2ccccc2[N+](=O)[O-])CC1. The molecule has 0 bridgehead atoms. The molecule has 8 heteroatoms. The van der Waals surface area contributed by atoms with Crippen LogP contribution >= 0.6 is 0 Å². The normalized spacial score (nSPS) is 14.1. The number of carbonyl (C=O) groups excluding carboxylic acids is 1. The summed E-state index contributed by atoms with van der Waals surface area (Å²) in [7, 11) is 0. The van der Waals surface area contributed by atoms with Crippen molar-refractivity contribution < 1.29 is 18.5 Å². The van der Waals surface area contributed by atoms with Crippen LogP contribution in [-0.2, 0) is 0 Å². The van der Waals surface area contributed by atoms with Crippen LogP contribution in [0.5, 0.6) is 0 Å². The van der Waals surface area contributed by atoms with Gasteiger partial charge in [0.2, 0.25) is 0 Å². The lowest BCUT2D eigenvalue weighted by molar-refractivity contribution is -0.384. The predicted molar refractivity (Wildman–Crippen MR) is 105 cm³/mol. The van der Waals surface area contributed by atoms with E-state index in [4.69, 9.17) is 4.42 Å². The summed E-state index contributed by atoms with van der Waals surface area (Å²) in [5.41, 5.74) is 1.30. The minimum absolute atomic E-state index is 0.0576. The van der Waals surface area contributed by atoms with Crippen LogP contribution < -0.4 is 4.90 Å². The first-order valence-electron chi connectivity index (χ1n) is 9.16. The number of halogens is 1. The van der Waals surface area contributed by atoms with E-state index in [1.807, 2.05) is 4.90 Å². The Labute approximate surface area is 166 Å². The number of nitro groups is 1. The molecular weight excluding hydrogens is 377 g/mol. The van der Waals surface area contributed by atoms with Crippen LogP contribution in [-0.4, -0.2) is 41.9 Å². The Hall–Kier alpha value is -3.68. The molecule has 1 saturated heterocycles. The van der Waals surface area contributed by atoms with E-state index in [2.05, 4.69) is 0 Å². The number of anilines is 1. The number of amides is 1. The zero-order valence-electron chi connectivity index (χ0n) is 15.5. The van der Waals surface area contributed by atoms with Crippen molar-refractivity contribution in [1.82, 2.24) is 4.90 Å². The van der Waals surface area contributed by atoms with Gasteiger partial charge in [0, 0.05) is 37.8 Å². The molecule has 1 aromatic heterocycles. The fourth-order valence-corrected chi connectivity index (χ4v) is 3.41. The van der Waals surface area contributed by atoms with Gasteiger partial charge < -0.3 is 14.2 Å². The fourth-order valence-electron chi connectivity index (χ4n) is 3.41. The van der Waals surface area contributed by atoms with E-state index in [1.165, 1.54) is 18.2 Å². The monoisotopic (exact) mass is 395 g/mol. The van der Waals surface area contributed by atoms with Crippen molar-refractivity contribution in [2.45, 2.75) is 0 Å². The van der Waals surface area contributed by atoms with Gasteiger partial charge in [-0.3, -0.25) is 14.9 Å². The number of nitro benzene ring substituents is 1. The number of benzene rings is 2. The third kappa shape index (κ3) is 3.82. The highest BCUT2D eigenvalue weighted by atomic mass is 19.1. The summed E-state index contributed by atoms with van der Waals surface area (Å²) in [5.74, 6) is 0.129. The molecule has 29 heavy (non-hydrogen) atoms. The van der Waals surface area contributed by atoms with Crippen molar-refractivity contribution in [3.8, 4) is 11.3 Å². The molecular formula is C21H18FN3O4. The summed E-state index contributed by atoms with van der Waals surface area (Å²) in [6.45, 7) is 1.83. The van der Waals surface area contributed by atoms with E-state index < -0.39 is 4.92 Å². The zero-order valence-corrected chi connectivity index (χ0v) is 15.5. The highest BCUT2D eigenvalue weighted by molar-refractivity contribution is 5.92. The van der Waals surface area contributed by atoms with Gasteiger partial charge in [0.1, 0.15) is 17.3 Å². The maximum absolute atomic E-state index is 13.1. The van der Waals surface area contributed by atoms with Crippen molar-refractivity contribution in [3.63, 3.8) is 0 Å². The Morgan fingerprint density at radius 2 is 1.66 bits per heavy atom. The van der Waals surface area contributed by atoms with Crippen LogP contribution in [0.15, 0.2) is 65.1 Å². The van der Waals surface area contributed by atoms with Gasteiger partial charge in [-0.15, -0.1) is 0 Å². The Kier molecular flexibility index (Phi) is 4.99. The molecule has 1 amide bonds. The molecule has 0 unspecified atom stereocenters. The van der Waals surface area contributed by atoms with Crippen molar-refractivity contribution in [2.24, 2.45) is 0 Å². The summed E-state index contributed by atoms with van der Waals surface area (Å²) in [6.07, 6.45) is 0. The standard InChI is InChI=1S/C21H18FN3O4/c22-16-7-5-15(6-8-16)19-9-10-20(29-19)21(26)24-13-11-23(12-14-24)17-3-1-2-4-18(17)25(27)28/h1-10H,11-14H2. The number of piperazine rings is 1. The third-order valence-electron chi connectivity index (χ3n) is 4.93. The summed E-state index contributed by atoms with van der Waals surface area (Å²) in [4.78, 5) is 27.2. The van der Waals surface area contributed by atoms with Crippen molar-refractivity contribution in [2.75, 3.05) is 31.1 Å². The van der Waals surface area contributed by atoms with Gasteiger partial charge in [0.25, 0.3) is 11.6 Å². The van der Waals surface area contributed by atoms with E-state index >= 15 is 0 Å². The van der Waals surface area contributed by atoms with E-state index in [0.717, 1.165) is 0 Å². The van der Waals surface area contributed by atoms with Gasteiger partial charge in [-0.05, 0) is 42.5 Å². The van der Waals surface area contributed by atoms with Gasteiger partial charge in [-0.25, -0.2) is 4.39 Å². The largest absolute Gasteiger partial charge is 0.451 e. The van der Waals surface area contributed by atoms with Gasteiger partial charge >= 0.3 is 0 Å². The highest BCUT2D eigenvalue weighted by Gasteiger charge is 2.27. The smallest absolute Gasteiger partial charge is 0.292 e. The topological polar surface area (TPSA) is 79.8 Å². The van der Waals surface area contributed by atoms with Crippen LogP contribution in [0.3, 0.4) is 0 Å². The van der Waals surface area contributed by atoms with Gasteiger partial charge in [-0.2, -0.15) is 0 Å². The van der Waals surface area contributed by atoms with E-state index in [1.54, 1.807) is 47.4 Å². The predicted octanol–water partition coefficient (Wildman–Crippen LogP) is 3.96. The highest BCUT2D eigenvalue weighted by Crippen LogP contribution is 2.29. The summed E-state index contributed by atoms with van der Waals surface area (Å²) in [6, 6.07) is 15.7. The first kappa shape index (κ1) is 18.7. The second kappa shape index (κ2) is 7.75. The molecule has 3 aromatic rings. The number of hydrogen-bond donors (Lipinski definition) is 0. The Morgan fingerprint density at radius 3 is 2.34 bits per heavy atom. The van der Waals surface area contributed by atoms with Crippen LogP contribution in [0, 0.1) is 15.9 Å². The molecule has 0 atom stereocenters. The number of rotatable bonds is 4. The molecule has 0 aliphatic carbocycles. The molecule has 0 saturated carbocycles. The van der Waals surface area contributed by atoms with Gasteiger partial charge in [-0.1, -0.05) is 12.1 Å². The van der Waals surface area contributed by atoms with Gasteiger partial charge in [0.05, 0.1) is 4.92 Å². The number of para-hydroxylation sites is 2. The van der Waals surface area contributed by atoms with Gasteiger partial charge in [0.15, 0.2) is 5.76 Å². The zero-order chi connectivity index (χ0) is 20.4. The maximum Gasteiger partial charge on any atom is 0.292 e. The van der Waals surface area contributed by atoms with E-state index in [0.29, 0.717) is 43.2 Å². The molecule has 0 radical (unpaired) electrons. The molecule has 1 aliphatic rings. The Bertz CT molecular complexity index is 1040. The van der Waals surface area contributed by atoms with Crippen molar-refractivity contribution >= 4 is 17.3 Å². The summed E-state index contributed by atoms with van der Waals surface area (Å²) >= 11 is 0. The Morgan fingerprint density at radius 1 is 0.966 bits per heavy atom. The number of nitrogens with zero attached hydrogens (tertiary/aromatic N) is 3.